The Kier molecular flexibility index (Phi) is 5.90. The van der Waals surface area contributed by atoms with Gasteiger partial charge in [-0.05, 0) is 54.7 Å². The molecule has 0 bridgehead atoms. The largest absolute Gasteiger partial charge is 0.507 e. The first kappa shape index (κ1) is 20.9. The van der Waals surface area contributed by atoms with E-state index in [0.717, 1.165) is 40.5 Å². The van der Waals surface area contributed by atoms with Crippen molar-refractivity contribution >= 4 is 45.0 Å². The summed E-state index contributed by atoms with van der Waals surface area (Å²) in [5.41, 5.74) is 1.30. The first-order valence-electron chi connectivity index (χ1n) is 9.98. The van der Waals surface area contributed by atoms with Gasteiger partial charge < -0.3 is 19.9 Å². The number of benzene rings is 2. The van der Waals surface area contributed by atoms with Crippen LogP contribution in [0, 0.1) is 0 Å². The second-order valence-corrected chi connectivity index (χ2v) is 8.23. The van der Waals surface area contributed by atoms with Crippen LogP contribution in [0.4, 0.5) is 5.00 Å². The Morgan fingerprint density at radius 3 is 2.55 bits per heavy atom. The summed E-state index contributed by atoms with van der Waals surface area (Å²) < 4.78 is 10.2. The number of amides is 1. The minimum atomic E-state index is -0.808. The first-order valence-corrected chi connectivity index (χ1v) is 10.8. The lowest BCUT2D eigenvalue weighted by Gasteiger charge is -2.09. The van der Waals surface area contributed by atoms with Crippen molar-refractivity contribution in [1.82, 2.24) is 0 Å². The number of aromatic hydroxyl groups is 1. The Labute approximate surface area is 182 Å². The minimum Gasteiger partial charge on any atom is -0.507 e. The lowest BCUT2D eigenvalue weighted by atomic mass is 10.1. The van der Waals surface area contributed by atoms with Crippen LogP contribution in [-0.4, -0.2) is 36.2 Å². The van der Waals surface area contributed by atoms with Gasteiger partial charge in [0.25, 0.3) is 5.91 Å². The van der Waals surface area contributed by atoms with Crippen LogP contribution in [-0.2, 0) is 27.1 Å². The van der Waals surface area contributed by atoms with Crippen molar-refractivity contribution < 1.29 is 29.0 Å². The van der Waals surface area contributed by atoms with Gasteiger partial charge in [-0.2, -0.15) is 0 Å². The lowest BCUT2D eigenvalue weighted by Crippen LogP contribution is -2.22. The predicted octanol–water partition coefficient (Wildman–Crippen LogP) is 4.07. The highest BCUT2D eigenvalue weighted by Crippen LogP contribution is 2.39. The van der Waals surface area contributed by atoms with Crippen LogP contribution in [0.3, 0.4) is 0 Å². The highest BCUT2D eigenvalue weighted by molar-refractivity contribution is 7.17. The summed E-state index contributed by atoms with van der Waals surface area (Å²) in [5, 5.41) is 14.8. The maximum atomic E-state index is 12.4. The SMILES string of the molecule is CCOC(=O)c1c(NC(=O)COC(=O)c2cc3ccccc3cc2O)sc2c1CCC2. The fourth-order valence-corrected chi connectivity index (χ4v) is 4.97. The van der Waals surface area contributed by atoms with Crippen molar-refractivity contribution in [3.8, 4) is 5.75 Å². The van der Waals surface area contributed by atoms with Crippen molar-refractivity contribution in [2.24, 2.45) is 0 Å². The zero-order chi connectivity index (χ0) is 22.0. The number of aryl methyl sites for hydroxylation is 1. The quantitative estimate of drug-likeness (QED) is 0.562. The summed E-state index contributed by atoms with van der Waals surface area (Å²) in [6.45, 7) is 1.42. The third-order valence-corrected chi connectivity index (χ3v) is 6.28. The summed E-state index contributed by atoms with van der Waals surface area (Å²) in [6, 6.07) is 10.3. The van der Waals surface area contributed by atoms with Gasteiger partial charge in [0, 0.05) is 4.88 Å². The molecule has 1 aliphatic carbocycles. The van der Waals surface area contributed by atoms with Crippen molar-refractivity contribution in [3.05, 3.63) is 58.0 Å². The molecule has 7 nitrogen and oxygen atoms in total. The fourth-order valence-electron chi connectivity index (χ4n) is 3.67. The van der Waals surface area contributed by atoms with E-state index in [9.17, 15) is 19.5 Å². The molecule has 4 rings (SSSR count). The Morgan fingerprint density at radius 1 is 1.06 bits per heavy atom. The van der Waals surface area contributed by atoms with Gasteiger partial charge >= 0.3 is 11.9 Å². The number of rotatable bonds is 6. The van der Waals surface area contributed by atoms with Gasteiger partial charge in [0.05, 0.1) is 12.2 Å². The maximum absolute atomic E-state index is 12.4. The van der Waals surface area contributed by atoms with Crippen LogP contribution in [0.5, 0.6) is 5.75 Å². The topological polar surface area (TPSA) is 102 Å². The number of esters is 2. The van der Waals surface area contributed by atoms with Crippen LogP contribution < -0.4 is 5.32 Å². The Morgan fingerprint density at radius 2 is 1.81 bits per heavy atom. The van der Waals surface area contributed by atoms with Gasteiger partial charge in [0.1, 0.15) is 16.3 Å². The normalized spacial score (nSPS) is 12.4. The molecule has 2 aromatic carbocycles. The number of ether oxygens (including phenoxy) is 2. The van der Waals surface area contributed by atoms with Crippen LogP contribution >= 0.6 is 11.3 Å². The number of hydrogen-bond donors (Lipinski definition) is 2. The van der Waals surface area contributed by atoms with E-state index in [1.807, 2.05) is 24.3 Å². The first-order chi connectivity index (χ1) is 15.0. The van der Waals surface area contributed by atoms with E-state index < -0.39 is 24.5 Å². The molecule has 2 N–H and O–H groups in total. The second-order valence-electron chi connectivity index (χ2n) is 7.12. The van der Waals surface area contributed by atoms with Gasteiger partial charge in [-0.1, -0.05) is 24.3 Å². The molecular formula is C23H21NO6S. The third-order valence-electron chi connectivity index (χ3n) is 5.07. The molecule has 0 saturated carbocycles. The number of carbonyl (C=O) groups excluding carboxylic acids is 3. The molecule has 0 aliphatic heterocycles. The average Bonchev–Trinajstić information content (AvgIpc) is 3.32. The predicted molar refractivity (Wildman–Crippen MR) is 117 cm³/mol. The minimum absolute atomic E-state index is 0.0196. The molecule has 8 heteroatoms. The van der Waals surface area contributed by atoms with E-state index >= 15 is 0 Å². The zero-order valence-corrected chi connectivity index (χ0v) is 17.7. The lowest BCUT2D eigenvalue weighted by molar-refractivity contribution is -0.119. The number of anilines is 1. The molecule has 1 heterocycles. The molecule has 0 spiro atoms. The molecule has 0 fully saturated rings. The molecule has 0 unspecified atom stereocenters. The molecular weight excluding hydrogens is 418 g/mol. The summed E-state index contributed by atoms with van der Waals surface area (Å²) in [5.74, 6) is -2.06. The molecule has 1 aromatic heterocycles. The summed E-state index contributed by atoms with van der Waals surface area (Å²) in [7, 11) is 0. The fraction of sp³-hybridized carbons (Fsp3) is 0.261. The van der Waals surface area contributed by atoms with Crippen molar-refractivity contribution in [2.45, 2.75) is 26.2 Å². The molecule has 0 radical (unpaired) electrons. The Hall–Kier alpha value is -3.39. The van der Waals surface area contributed by atoms with Gasteiger partial charge in [-0.3, -0.25) is 4.79 Å². The molecule has 3 aromatic rings. The van der Waals surface area contributed by atoms with Gasteiger partial charge in [-0.25, -0.2) is 9.59 Å². The van der Waals surface area contributed by atoms with Crippen molar-refractivity contribution in [3.63, 3.8) is 0 Å². The second kappa shape index (κ2) is 8.77. The highest BCUT2D eigenvalue weighted by atomic mass is 32.1. The molecule has 1 amide bonds. The van der Waals surface area contributed by atoms with Crippen molar-refractivity contribution in [2.75, 3.05) is 18.5 Å². The van der Waals surface area contributed by atoms with E-state index in [1.54, 1.807) is 6.92 Å². The molecule has 31 heavy (non-hydrogen) atoms. The smallest absolute Gasteiger partial charge is 0.342 e. The molecule has 0 saturated heterocycles. The summed E-state index contributed by atoms with van der Waals surface area (Å²) in [4.78, 5) is 38.3. The number of carbonyl (C=O) groups is 3. The van der Waals surface area contributed by atoms with Gasteiger partial charge in [0.2, 0.25) is 0 Å². The standard InChI is InChI=1S/C23H21NO6S/c1-2-29-23(28)20-15-8-5-9-18(15)31-21(20)24-19(26)12-30-22(27)16-10-13-6-3-4-7-14(13)11-17(16)25/h3-4,6-7,10-11,25H,2,5,8-9,12H2,1H3,(H,24,26). The summed E-state index contributed by atoms with van der Waals surface area (Å²) >= 11 is 1.35. The summed E-state index contributed by atoms with van der Waals surface area (Å²) in [6.07, 6.45) is 2.60. The van der Waals surface area contributed by atoms with Gasteiger partial charge in [-0.15, -0.1) is 11.3 Å². The zero-order valence-electron chi connectivity index (χ0n) is 16.9. The maximum Gasteiger partial charge on any atom is 0.342 e. The van der Waals surface area contributed by atoms with Crippen LogP contribution in [0.2, 0.25) is 0 Å². The van der Waals surface area contributed by atoms with Crippen LogP contribution in [0.15, 0.2) is 36.4 Å². The van der Waals surface area contributed by atoms with Crippen LogP contribution in [0.25, 0.3) is 10.8 Å². The van der Waals surface area contributed by atoms with E-state index in [2.05, 4.69) is 5.32 Å². The monoisotopic (exact) mass is 439 g/mol. The van der Waals surface area contributed by atoms with Crippen molar-refractivity contribution in [1.29, 1.82) is 0 Å². The van der Waals surface area contributed by atoms with E-state index in [4.69, 9.17) is 9.47 Å². The van der Waals surface area contributed by atoms with Gasteiger partial charge in [0.15, 0.2) is 6.61 Å². The third kappa shape index (κ3) is 4.25. The van der Waals surface area contributed by atoms with E-state index in [-0.39, 0.29) is 17.9 Å². The van der Waals surface area contributed by atoms with E-state index in [0.29, 0.717) is 10.6 Å². The number of phenols is 1. The number of fused-ring (bicyclic) bond motifs is 2. The van der Waals surface area contributed by atoms with Crippen LogP contribution in [0.1, 0.15) is 44.5 Å². The van der Waals surface area contributed by atoms with E-state index in [1.165, 1.54) is 23.5 Å². The molecule has 0 atom stereocenters. The molecule has 1 aliphatic rings. The number of phenolic OH excluding ortho intramolecular Hbond substituents is 1. The number of thiophene rings is 1. The number of hydrogen-bond acceptors (Lipinski definition) is 7. The number of nitrogens with one attached hydrogen (secondary N) is 1. The Balaban J connectivity index is 1.45. The highest BCUT2D eigenvalue weighted by Gasteiger charge is 2.28. The molecule has 160 valence electrons. The average molecular weight is 439 g/mol. The Bertz CT molecular complexity index is 1180.